The molecular formula is C4H9ClN2O2. The molecule has 0 radical (unpaired) electrons. The van der Waals surface area contributed by atoms with Crippen LogP contribution in [0.2, 0.25) is 0 Å². The first-order chi connectivity index (χ1) is 3.80. The van der Waals surface area contributed by atoms with Crippen molar-refractivity contribution in [2.75, 3.05) is 13.2 Å². The van der Waals surface area contributed by atoms with Crippen molar-refractivity contribution in [3.63, 3.8) is 0 Å². The summed E-state index contributed by atoms with van der Waals surface area (Å²) in [6.07, 6.45) is 0.415. The van der Waals surface area contributed by atoms with Crippen LogP contribution in [0.3, 0.4) is 0 Å². The molecule has 9 heavy (non-hydrogen) atoms. The van der Waals surface area contributed by atoms with Crippen LogP contribution < -0.4 is 5.84 Å². The van der Waals surface area contributed by atoms with Crippen LogP contribution in [-0.4, -0.2) is 24.3 Å². The number of rotatable bonds is 0. The van der Waals surface area contributed by atoms with E-state index >= 15 is 0 Å². The van der Waals surface area contributed by atoms with Crippen molar-refractivity contribution in [2.45, 2.75) is 6.42 Å². The number of hydrogen-bond acceptors (Lipinski definition) is 3. The lowest BCUT2D eigenvalue weighted by Gasteiger charge is -2.20. The maximum atomic E-state index is 10.4. The van der Waals surface area contributed by atoms with Gasteiger partial charge in [0.1, 0.15) is 0 Å². The number of ether oxygens (including phenoxy) is 1. The zero-order valence-electron chi connectivity index (χ0n) is 4.87. The number of halogens is 1. The average Bonchev–Trinajstić information content (AvgIpc) is 1.77. The second-order valence-electron chi connectivity index (χ2n) is 1.66. The Bertz CT molecular complexity index is 109. The van der Waals surface area contributed by atoms with E-state index in [1.165, 1.54) is 0 Å². The summed E-state index contributed by atoms with van der Waals surface area (Å²) in [5, 5.41) is 1.07. The monoisotopic (exact) mass is 152 g/mol. The molecule has 54 valence electrons. The normalized spacial score (nSPS) is 18.3. The van der Waals surface area contributed by atoms with Gasteiger partial charge in [0.2, 0.25) is 0 Å². The number of cyclic esters (lactones) is 1. The summed E-state index contributed by atoms with van der Waals surface area (Å²) < 4.78 is 4.55. The van der Waals surface area contributed by atoms with E-state index in [4.69, 9.17) is 5.84 Å². The largest absolute Gasteiger partial charge is 0.448 e. The van der Waals surface area contributed by atoms with Crippen LogP contribution in [0.5, 0.6) is 0 Å². The van der Waals surface area contributed by atoms with Gasteiger partial charge in [-0.15, -0.1) is 12.4 Å². The maximum Gasteiger partial charge on any atom is 0.424 e. The topological polar surface area (TPSA) is 55.6 Å². The molecule has 1 aliphatic heterocycles. The third-order valence-corrected chi connectivity index (χ3v) is 1.00. The first kappa shape index (κ1) is 8.52. The lowest BCUT2D eigenvalue weighted by atomic mass is 10.4. The molecule has 1 heterocycles. The van der Waals surface area contributed by atoms with Crippen molar-refractivity contribution in [3.05, 3.63) is 0 Å². The fourth-order valence-electron chi connectivity index (χ4n) is 0.569. The Morgan fingerprint density at radius 1 is 1.67 bits per heavy atom. The van der Waals surface area contributed by atoms with E-state index in [1.54, 1.807) is 0 Å². The molecule has 0 saturated carbocycles. The number of carbonyl (C=O) groups excluding carboxylic acids is 1. The van der Waals surface area contributed by atoms with Gasteiger partial charge in [-0.2, -0.15) is 0 Å². The second kappa shape index (κ2) is 3.53. The molecule has 0 bridgehead atoms. The Morgan fingerprint density at radius 3 is 2.67 bits per heavy atom. The summed E-state index contributed by atoms with van der Waals surface area (Å²) in [7, 11) is 0. The number of amides is 1. The van der Waals surface area contributed by atoms with Gasteiger partial charge in [-0.1, -0.05) is 0 Å². The molecule has 4 nitrogen and oxygen atoms in total. The van der Waals surface area contributed by atoms with Gasteiger partial charge in [0.05, 0.1) is 6.61 Å². The molecule has 0 spiro atoms. The van der Waals surface area contributed by atoms with Crippen LogP contribution in [0, 0.1) is 0 Å². The minimum absolute atomic E-state index is 0. The van der Waals surface area contributed by atoms with E-state index in [0.717, 1.165) is 11.4 Å². The summed E-state index contributed by atoms with van der Waals surface area (Å²) in [5.74, 6) is 5.14. The Labute approximate surface area is 59.3 Å². The first-order valence-corrected chi connectivity index (χ1v) is 2.49. The number of hydrogen-bond donors (Lipinski definition) is 1. The molecule has 0 aromatic rings. The molecule has 1 rings (SSSR count). The maximum absolute atomic E-state index is 10.4. The number of hydrazine groups is 1. The second-order valence-corrected chi connectivity index (χ2v) is 1.66. The minimum Gasteiger partial charge on any atom is -0.448 e. The predicted molar refractivity (Wildman–Crippen MR) is 34.1 cm³/mol. The third-order valence-electron chi connectivity index (χ3n) is 1.00. The minimum atomic E-state index is -0.420. The smallest absolute Gasteiger partial charge is 0.424 e. The van der Waals surface area contributed by atoms with Gasteiger partial charge < -0.3 is 4.74 Å². The van der Waals surface area contributed by atoms with Crippen molar-refractivity contribution < 1.29 is 9.53 Å². The molecule has 0 aromatic carbocycles. The van der Waals surface area contributed by atoms with Gasteiger partial charge in [-0.3, -0.25) is 0 Å². The van der Waals surface area contributed by atoms with Crippen molar-refractivity contribution >= 4 is 18.5 Å². The Hall–Kier alpha value is -0.480. The van der Waals surface area contributed by atoms with Gasteiger partial charge in [0.25, 0.3) is 0 Å². The van der Waals surface area contributed by atoms with Gasteiger partial charge >= 0.3 is 6.09 Å². The number of nitrogens with zero attached hydrogens (tertiary/aromatic N) is 1. The molecule has 2 N–H and O–H groups in total. The lowest BCUT2D eigenvalue weighted by molar-refractivity contribution is 0.0730. The highest BCUT2D eigenvalue weighted by Crippen LogP contribution is 1.97. The summed E-state index contributed by atoms with van der Waals surface area (Å²) >= 11 is 0. The Morgan fingerprint density at radius 2 is 2.33 bits per heavy atom. The highest BCUT2D eigenvalue weighted by atomic mass is 35.5. The Balaban J connectivity index is 0.000000640. The molecule has 1 saturated heterocycles. The van der Waals surface area contributed by atoms with Crippen LogP contribution in [0.1, 0.15) is 6.42 Å². The zero-order valence-corrected chi connectivity index (χ0v) is 5.69. The molecule has 1 amide bonds. The summed E-state index contributed by atoms with van der Waals surface area (Å²) in [5.41, 5.74) is 0. The standard InChI is InChI=1S/C4H8N2O2.ClH/c5-6-2-1-3-8-4(6)7;/h1-3,5H2;1H. The number of nitrogens with two attached hydrogens (primary N) is 1. The van der Waals surface area contributed by atoms with E-state index in [0.29, 0.717) is 13.2 Å². The average molecular weight is 153 g/mol. The van der Waals surface area contributed by atoms with E-state index in [9.17, 15) is 4.79 Å². The molecule has 1 fully saturated rings. The van der Waals surface area contributed by atoms with Crippen molar-refractivity contribution in [2.24, 2.45) is 5.84 Å². The molecule has 0 aromatic heterocycles. The highest BCUT2D eigenvalue weighted by molar-refractivity contribution is 5.85. The molecule has 0 unspecified atom stereocenters. The van der Waals surface area contributed by atoms with Crippen molar-refractivity contribution in [1.82, 2.24) is 5.01 Å². The fraction of sp³-hybridized carbons (Fsp3) is 0.750. The van der Waals surface area contributed by atoms with Crippen molar-refractivity contribution in [3.8, 4) is 0 Å². The third kappa shape index (κ3) is 2.07. The van der Waals surface area contributed by atoms with Crippen LogP contribution in [0.15, 0.2) is 0 Å². The summed E-state index contributed by atoms with van der Waals surface area (Å²) in [4.78, 5) is 10.4. The van der Waals surface area contributed by atoms with Crippen LogP contribution in [0.25, 0.3) is 0 Å². The van der Waals surface area contributed by atoms with Crippen LogP contribution in [0.4, 0.5) is 4.79 Å². The molecule has 0 aliphatic carbocycles. The molecule has 1 aliphatic rings. The zero-order chi connectivity index (χ0) is 5.98. The fourth-order valence-corrected chi connectivity index (χ4v) is 0.569. The Kier molecular flexibility index (Phi) is 3.34. The quantitative estimate of drug-likeness (QED) is 0.396. The van der Waals surface area contributed by atoms with Gasteiger partial charge in [-0.25, -0.2) is 15.6 Å². The van der Waals surface area contributed by atoms with E-state index in [2.05, 4.69) is 4.74 Å². The first-order valence-electron chi connectivity index (χ1n) is 2.49. The summed E-state index contributed by atoms with van der Waals surface area (Å²) in [6.45, 7) is 1.12. The lowest BCUT2D eigenvalue weighted by Crippen LogP contribution is -2.42. The molecule has 5 heteroatoms. The SMILES string of the molecule is Cl.NN1CCCOC1=O. The van der Waals surface area contributed by atoms with Crippen LogP contribution >= 0.6 is 12.4 Å². The van der Waals surface area contributed by atoms with E-state index < -0.39 is 6.09 Å². The van der Waals surface area contributed by atoms with E-state index in [1.807, 2.05) is 0 Å². The summed E-state index contributed by atoms with van der Waals surface area (Å²) in [6, 6.07) is 0. The molecular weight excluding hydrogens is 144 g/mol. The van der Waals surface area contributed by atoms with Gasteiger partial charge in [-0.05, 0) is 0 Å². The van der Waals surface area contributed by atoms with E-state index in [-0.39, 0.29) is 12.4 Å². The highest BCUT2D eigenvalue weighted by Gasteiger charge is 2.14. The van der Waals surface area contributed by atoms with Crippen molar-refractivity contribution in [1.29, 1.82) is 0 Å². The predicted octanol–water partition coefficient (Wildman–Crippen LogP) is 0.124. The van der Waals surface area contributed by atoms with Gasteiger partial charge in [0, 0.05) is 13.0 Å². The van der Waals surface area contributed by atoms with Gasteiger partial charge in [0.15, 0.2) is 0 Å². The van der Waals surface area contributed by atoms with Crippen LogP contribution in [-0.2, 0) is 4.74 Å². The number of carbonyl (C=O) groups is 1. The molecule has 0 atom stereocenters.